The molecule has 11 atom stereocenters. The third-order valence-corrected chi connectivity index (χ3v) is 15.2. The minimum absolute atomic E-state index is 0. The highest BCUT2D eigenvalue weighted by atomic mass is 35.5. The Morgan fingerprint density at radius 1 is 1.00 bits per heavy atom. The highest BCUT2D eigenvalue weighted by Crippen LogP contribution is 2.74. The van der Waals surface area contributed by atoms with Crippen LogP contribution in [0.4, 0.5) is 0 Å². The number of halogens is 1. The Kier molecular flexibility index (Phi) is 12.3. The monoisotopic (exact) mass is 793 g/mol. The molecule has 2 saturated heterocycles. The van der Waals surface area contributed by atoms with E-state index in [0.29, 0.717) is 12.5 Å². The van der Waals surface area contributed by atoms with Gasteiger partial charge >= 0.3 is 5.97 Å². The van der Waals surface area contributed by atoms with Crippen molar-refractivity contribution in [2.45, 2.75) is 155 Å². The van der Waals surface area contributed by atoms with Crippen LogP contribution in [-0.2, 0) is 35.6 Å². The number of rotatable bonds is 8. The maximum atomic E-state index is 12.3. The smallest absolute Gasteiger partial charge is 0.309 e. The van der Waals surface area contributed by atoms with Gasteiger partial charge in [0.15, 0.2) is 23.6 Å². The van der Waals surface area contributed by atoms with Crippen molar-refractivity contribution in [3.05, 3.63) is 34.4 Å². The topological polar surface area (TPSA) is 158 Å². The van der Waals surface area contributed by atoms with E-state index in [1.165, 1.54) is 11.1 Å². The number of ether oxygens (including phenoxy) is 4. The Morgan fingerprint density at radius 2 is 1.67 bits per heavy atom. The Bertz CT molecular complexity index is 1630. The van der Waals surface area contributed by atoms with Crippen molar-refractivity contribution in [3.8, 4) is 11.5 Å². The molecular weight excluding hydrogens is 726 g/mol. The lowest BCUT2D eigenvalue weighted by Crippen LogP contribution is -2.62. The first kappa shape index (κ1) is 44.1. The summed E-state index contributed by atoms with van der Waals surface area (Å²) in [5, 5.41) is 49.9. The molecule has 4 aliphatic carbocycles. The number of carbonyl (C=O) groups is 1. The maximum Gasteiger partial charge on any atom is 0.309 e. The summed E-state index contributed by atoms with van der Waals surface area (Å²) in [6, 6.07) is 1.81. The molecule has 11 nitrogen and oxygen atoms in total. The van der Waals surface area contributed by atoms with Crippen LogP contribution in [0.1, 0.15) is 117 Å². The van der Waals surface area contributed by atoms with E-state index in [1.54, 1.807) is 0 Å². The second kappa shape index (κ2) is 15.3. The van der Waals surface area contributed by atoms with Gasteiger partial charge in [0, 0.05) is 12.0 Å². The summed E-state index contributed by atoms with van der Waals surface area (Å²) in [5.74, 6) is -1.01. The van der Waals surface area contributed by atoms with Crippen molar-refractivity contribution < 1.29 is 49.3 Å². The number of fused-ring (bicyclic) bond motifs is 8. The van der Waals surface area contributed by atoms with Gasteiger partial charge in [-0.25, -0.2) is 0 Å². The van der Waals surface area contributed by atoms with Crippen LogP contribution >= 0.6 is 12.4 Å². The number of benzene rings is 1. The second-order valence-electron chi connectivity index (χ2n) is 19.4. The van der Waals surface area contributed by atoms with Gasteiger partial charge in [-0.2, -0.15) is 0 Å². The fourth-order valence-corrected chi connectivity index (χ4v) is 11.6. The number of aliphatic carboxylic acids is 1. The number of allylic oxidation sites excluding steroid dienone is 2. The summed E-state index contributed by atoms with van der Waals surface area (Å²) in [6.45, 7) is 18.2. The van der Waals surface area contributed by atoms with Crippen LogP contribution in [0.25, 0.3) is 0 Å². The Balaban J connectivity index is 0.000000229. The molecule has 55 heavy (non-hydrogen) atoms. The first-order valence-corrected chi connectivity index (χ1v) is 20.1. The molecule has 1 aromatic rings. The van der Waals surface area contributed by atoms with E-state index in [2.05, 4.69) is 38.7 Å². The van der Waals surface area contributed by atoms with Gasteiger partial charge in [0.1, 0.15) is 24.4 Å². The molecule has 6 aliphatic rings. The number of aliphatic hydroxyl groups excluding tert-OH is 2. The molecule has 0 amide bonds. The average Bonchev–Trinajstić information content (AvgIpc) is 3.59. The third kappa shape index (κ3) is 7.36. The van der Waals surface area contributed by atoms with Gasteiger partial charge in [-0.3, -0.25) is 4.79 Å². The maximum absolute atomic E-state index is 12.3. The second-order valence-corrected chi connectivity index (χ2v) is 19.4. The van der Waals surface area contributed by atoms with Crippen LogP contribution in [0.5, 0.6) is 11.5 Å². The number of hydrogen-bond acceptors (Lipinski definition) is 10. The highest BCUT2D eigenvalue weighted by Gasteiger charge is 2.67. The SMILES string of the molecule is CN(C)CCCOC1C(C(O)CO)OC2OC(C)(C)OC21.Cc1c(O)c(O)cc2c1CC=C1C2(C)CCC2(C)C3CC(C)(C(=O)O)CCC3(C)CCC12C.Cl. The lowest BCUT2D eigenvalue weighted by Gasteiger charge is -2.69. The van der Waals surface area contributed by atoms with Crippen LogP contribution in [0.3, 0.4) is 0 Å². The van der Waals surface area contributed by atoms with Gasteiger partial charge in [-0.15, -0.1) is 12.4 Å². The molecule has 0 spiro atoms. The quantitative estimate of drug-likeness (QED) is 0.110. The van der Waals surface area contributed by atoms with E-state index in [0.717, 1.165) is 75.5 Å². The van der Waals surface area contributed by atoms with E-state index in [-0.39, 0.29) is 58.3 Å². The van der Waals surface area contributed by atoms with Gasteiger partial charge in [0.2, 0.25) is 0 Å². The summed E-state index contributed by atoms with van der Waals surface area (Å²) in [5.41, 5.74) is 4.00. The molecule has 12 heteroatoms. The van der Waals surface area contributed by atoms with Crippen LogP contribution in [0.2, 0.25) is 0 Å². The predicted molar refractivity (Wildman–Crippen MR) is 211 cm³/mol. The molecule has 312 valence electrons. The van der Waals surface area contributed by atoms with Crippen molar-refractivity contribution >= 4 is 18.4 Å². The number of carboxylic acid groups (broad SMARTS) is 1. The summed E-state index contributed by atoms with van der Waals surface area (Å²) in [6.07, 6.45) is 7.86. The molecular formula is C43H68ClNO10. The number of aromatic hydroxyl groups is 2. The predicted octanol–water partition coefficient (Wildman–Crippen LogP) is 6.62. The normalized spacial score (nSPS) is 40.2. The van der Waals surface area contributed by atoms with Crippen molar-refractivity contribution in [3.63, 3.8) is 0 Å². The third-order valence-electron chi connectivity index (χ3n) is 15.2. The zero-order valence-corrected chi connectivity index (χ0v) is 35.6. The number of carboxylic acids is 1. The first-order chi connectivity index (χ1) is 25.1. The van der Waals surface area contributed by atoms with E-state index >= 15 is 0 Å². The molecule has 2 aliphatic heterocycles. The zero-order valence-electron chi connectivity index (χ0n) is 34.7. The fraction of sp³-hybridized carbons (Fsp3) is 0.791. The summed E-state index contributed by atoms with van der Waals surface area (Å²) in [7, 11) is 4.01. The molecule has 1 aromatic carbocycles. The Morgan fingerprint density at radius 3 is 2.31 bits per heavy atom. The molecule has 2 heterocycles. The van der Waals surface area contributed by atoms with Gasteiger partial charge < -0.3 is 49.4 Å². The fourth-order valence-electron chi connectivity index (χ4n) is 11.6. The van der Waals surface area contributed by atoms with Gasteiger partial charge in [0.05, 0.1) is 12.0 Å². The minimum atomic E-state index is -1.01. The van der Waals surface area contributed by atoms with E-state index in [9.17, 15) is 25.2 Å². The summed E-state index contributed by atoms with van der Waals surface area (Å²) in [4.78, 5) is 14.3. The average molecular weight is 794 g/mol. The Labute approximate surface area is 334 Å². The van der Waals surface area contributed by atoms with Gasteiger partial charge in [-0.1, -0.05) is 39.3 Å². The standard InChI is InChI=1S/C29H40O4.C14H27NO6.ClH/c1-17-18-7-8-21-27(4,19(18)15-20(30)23(17)31)12-14-29(6)22-16-26(3,24(32)33)10-9-25(22,2)11-13-28(21,29)5;1-14(2)20-12-11(18-7-5-6-15(3)4)10(9(17)8-16)19-13(12)21-14;/h8,15,22,30-31H,7,9-14,16H2,1-6H3,(H,32,33);9-13,16-17H,5-8H2,1-4H3;1H. The molecule has 0 radical (unpaired) electrons. The van der Waals surface area contributed by atoms with Crippen molar-refractivity contribution in [1.29, 1.82) is 0 Å². The van der Waals surface area contributed by atoms with Crippen LogP contribution < -0.4 is 0 Å². The van der Waals surface area contributed by atoms with Crippen LogP contribution in [0, 0.1) is 34.5 Å². The van der Waals surface area contributed by atoms with E-state index < -0.39 is 41.8 Å². The molecule has 0 aromatic heterocycles. The van der Waals surface area contributed by atoms with Crippen LogP contribution in [-0.4, -0.2) is 107 Å². The molecule has 5 fully saturated rings. The number of phenols is 2. The van der Waals surface area contributed by atoms with E-state index in [4.69, 9.17) is 24.1 Å². The largest absolute Gasteiger partial charge is 0.504 e. The zero-order chi connectivity index (χ0) is 39.8. The number of phenolic OH excluding ortho intramolecular Hbond substituents is 2. The lowest BCUT2D eigenvalue weighted by molar-refractivity contribution is -0.231. The molecule has 0 bridgehead atoms. The molecule has 11 unspecified atom stereocenters. The van der Waals surface area contributed by atoms with Gasteiger partial charge in [-0.05, 0) is 151 Å². The number of hydrogen-bond donors (Lipinski definition) is 5. The highest BCUT2D eigenvalue weighted by molar-refractivity contribution is 5.85. The minimum Gasteiger partial charge on any atom is -0.504 e. The number of nitrogens with zero attached hydrogens (tertiary/aromatic N) is 1. The van der Waals surface area contributed by atoms with Crippen molar-refractivity contribution in [1.82, 2.24) is 4.90 Å². The molecule has 3 saturated carbocycles. The Hall–Kier alpha value is -1.96. The summed E-state index contributed by atoms with van der Waals surface area (Å²) >= 11 is 0. The summed E-state index contributed by atoms with van der Waals surface area (Å²) < 4.78 is 23.0. The lowest BCUT2D eigenvalue weighted by atomic mass is 9.34. The van der Waals surface area contributed by atoms with Gasteiger partial charge in [0.25, 0.3) is 0 Å². The first-order valence-electron chi connectivity index (χ1n) is 20.1. The molecule has 7 rings (SSSR count). The van der Waals surface area contributed by atoms with Crippen LogP contribution in [0.15, 0.2) is 17.7 Å². The van der Waals surface area contributed by atoms with Crippen molar-refractivity contribution in [2.75, 3.05) is 33.9 Å². The molecule has 5 N–H and O–H groups in total. The number of aliphatic hydroxyl groups is 2. The van der Waals surface area contributed by atoms with Crippen molar-refractivity contribution in [2.24, 2.45) is 27.6 Å². The van der Waals surface area contributed by atoms with E-state index in [1.807, 2.05) is 47.9 Å².